The van der Waals surface area contributed by atoms with Crippen molar-refractivity contribution in [3.05, 3.63) is 28.8 Å². The van der Waals surface area contributed by atoms with Gasteiger partial charge in [-0.1, -0.05) is 17.5 Å². The summed E-state index contributed by atoms with van der Waals surface area (Å²) in [5, 5.41) is 11.4. The van der Waals surface area contributed by atoms with Crippen LogP contribution in [0.25, 0.3) is 0 Å². The van der Waals surface area contributed by atoms with E-state index in [4.69, 9.17) is 27.9 Å². The Kier molecular flexibility index (Phi) is 5.22. The molecular weight excluding hydrogens is 270 g/mol. The van der Waals surface area contributed by atoms with Crippen LogP contribution in [0.15, 0.2) is 18.2 Å². The van der Waals surface area contributed by atoms with E-state index in [1.165, 1.54) is 25.1 Å². The number of hydrogen-bond donors (Lipinski definition) is 2. The van der Waals surface area contributed by atoms with E-state index in [2.05, 4.69) is 11.2 Å². The number of nitrogens with one attached hydrogen (secondary N) is 1. The number of aromatic carboxylic acids is 1. The molecule has 0 heterocycles. The quantitative estimate of drug-likeness (QED) is 0.803. The van der Waals surface area contributed by atoms with Crippen molar-refractivity contribution >= 4 is 23.5 Å². The first kappa shape index (κ1) is 14.9. The number of rotatable bonds is 5. The Morgan fingerprint density at radius 2 is 2.26 bits per heavy atom. The molecule has 1 atom stereocenters. The maximum Gasteiger partial charge on any atom is 0.335 e. The molecule has 0 spiro atoms. The van der Waals surface area contributed by atoms with E-state index in [0.717, 1.165) is 0 Å². The number of carbonyl (C=O) groups is 2. The fourth-order valence-corrected chi connectivity index (χ4v) is 1.48. The monoisotopic (exact) mass is 281 g/mol. The van der Waals surface area contributed by atoms with Crippen molar-refractivity contribution in [3.8, 4) is 18.1 Å². The molecule has 1 rings (SSSR count). The number of carbonyl (C=O) groups excluding carboxylic acids is 1. The zero-order valence-electron chi connectivity index (χ0n) is 10.1. The molecule has 1 aromatic rings. The van der Waals surface area contributed by atoms with Crippen molar-refractivity contribution in [3.63, 3.8) is 0 Å². The molecule has 0 fully saturated rings. The molecule has 0 aliphatic heterocycles. The predicted molar refractivity (Wildman–Crippen MR) is 70.3 cm³/mol. The van der Waals surface area contributed by atoms with Crippen LogP contribution in [0.3, 0.4) is 0 Å². The summed E-state index contributed by atoms with van der Waals surface area (Å²) in [6, 6.07) is 4.00. The third-order valence-corrected chi connectivity index (χ3v) is 2.51. The summed E-state index contributed by atoms with van der Waals surface area (Å²) in [5.41, 5.74) is 0.0433. The molecule has 0 saturated heterocycles. The molecule has 100 valence electrons. The number of halogens is 1. The molecule has 5 nitrogen and oxygen atoms in total. The van der Waals surface area contributed by atoms with Gasteiger partial charge in [-0.25, -0.2) is 4.79 Å². The first-order valence-corrected chi connectivity index (χ1v) is 5.74. The fraction of sp³-hybridized carbons (Fsp3) is 0.231. The van der Waals surface area contributed by atoms with Crippen molar-refractivity contribution in [2.45, 2.75) is 13.0 Å². The van der Waals surface area contributed by atoms with Gasteiger partial charge in [0.25, 0.3) is 5.91 Å². The fourth-order valence-electron chi connectivity index (χ4n) is 1.26. The maximum atomic E-state index is 11.5. The van der Waals surface area contributed by atoms with Crippen LogP contribution < -0.4 is 10.1 Å². The van der Waals surface area contributed by atoms with Gasteiger partial charge in [0.1, 0.15) is 5.75 Å². The maximum absolute atomic E-state index is 11.5. The Balaban J connectivity index is 2.75. The highest BCUT2D eigenvalue weighted by Gasteiger charge is 2.16. The highest BCUT2D eigenvalue weighted by atomic mass is 35.5. The zero-order valence-corrected chi connectivity index (χ0v) is 10.9. The van der Waals surface area contributed by atoms with Crippen LogP contribution in [0.2, 0.25) is 5.02 Å². The molecule has 1 aromatic carbocycles. The van der Waals surface area contributed by atoms with Crippen molar-refractivity contribution in [1.82, 2.24) is 5.32 Å². The van der Waals surface area contributed by atoms with Crippen molar-refractivity contribution in [1.29, 1.82) is 0 Å². The smallest absolute Gasteiger partial charge is 0.335 e. The lowest BCUT2D eigenvalue weighted by molar-refractivity contribution is -0.126. The topological polar surface area (TPSA) is 75.6 Å². The van der Waals surface area contributed by atoms with Crippen LogP contribution in [0, 0.1) is 12.3 Å². The average Bonchev–Trinajstić information content (AvgIpc) is 2.37. The van der Waals surface area contributed by atoms with E-state index in [0.29, 0.717) is 0 Å². The second-order valence-electron chi connectivity index (χ2n) is 3.63. The molecule has 0 radical (unpaired) electrons. The van der Waals surface area contributed by atoms with Gasteiger partial charge in [-0.2, -0.15) is 0 Å². The molecule has 1 unspecified atom stereocenters. The van der Waals surface area contributed by atoms with Crippen LogP contribution in [-0.4, -0.2) is 29.6 Å². The Bertz CT molecular complexity index is 536. The van der Waals surface area contributed by atoms with E-state index in [1.54, 1.807) is 0 Å². The van der Waals surface area contributed by atoms with Crippen molar-refractivity contribution < 1.29 is 19.4 Å². The van der Waals surface area contributed by atoms with Gasteiger partial charge in [-0.15, -0.1) is 6.42 Å². The summed E-state index contributed by atoms with van der Waals surface area (Å²) in [5.74, 6) is 1.03. The molecule has 2 N–H and O–H groups in total. The Labute approximate surface area is 115 Å². The largest absolute Gasteiger partial charge is 0.479 e. The molecule has 6 heteroatoms. The third-order valence-electron chi connectivity index (χ3n) is 2.22. The van der Waals surface area contributed by atoms with Gasteiger partial charge in [-0.3, -0.25) is 4.79 Å². The van der Waals surface area contributed by atoms with Crippen LogP contribution in [0.4, 0.5) is 0 Å². The van der Waals surface area contributed by atoms with Crippen molar-refractivity contribution in [2.24, 2.45) is 0 Å². The minimum absolute atomic E-state index is 0.0433. The SMILES string of the molecule is C#CCNC(=O)C(C)Oc1ccc(C(=O)O)cc1Cl. The number of ether oxygens (including phenoxy) is 1. The Morgan fingerprint density at radius 3 is 2.79 bits per heavy atom. The van der Waals surface area contributed by atoms with Gasteiger partial charge in [-0.05, 0) is 25.1 Å². The number of hydrogen-bond acceptors (Lipinski definition) is 3. The highest BCUT2D eigenvalue weighted by Crippen LogP contribution is 2.26. The lowest BCUT2D eigenvalue weighted by Gasteiger charge is -2.15. The first-order valence-electron chi connectivity index (χ1n) is 5.36. The first-order chi connectivity index (χ1) is 8.95. The summed E-state index contributed by atoms with van der Waals surface area (Å²) in [4.78, 5) is 22.3. The Morgan fingerprint density at radius 1 is 1.58 bits per heavy atom. The third kappa shape index (κ3) is 4.19. The van der Waals surface area contributed by atoms with Gasteiger partial charge < -0.3 is 15.2 Å². The van der Waals surface area contributed by atoms with Gasteiger partial charge >= 0.3 is 5.97 Å². The lowest BCUT2D eigenvalue weighted by atomic mass is 10.2. The van der Waals surface area contributed by atoms with Crippen LogP contribution in [0.5, 0.6) is 5.75 Å². The van der Waals surface area contributed by atoms with E-state index < -0.39 is 12.1 Å². The van der Waals surface area contributed by atoms with Crippen LogP contribution in [-0.2, 0) is 4.79 Å². The van der Waals surface area contributed by atoms with Gasteiger partial charge in [0.15, 0.2) is 6.10 Å². The normalized spacial score (nSPS) is 11.2. The van der Waals surface area contributed by atoms with E-state index in [1.807, 2.05) is 0 Å². The number of carboxylic acids is 1. The van der Waals surface area contributed by atoms with Crippen LogP contribution in [0.1, 0.15) is 17.3 Å². The van der Waals surface area contributed by atoms with Gasteiger partial charge in [0.2, 0.25) is 0 Å². The van der Waals surface area contributed by atoms with E-state index in [-0.39, 0.29) is 28.8 Å². The summed E-state index contributed by atoms with van der Waals surface area (Å²) in [7, 11) is 0. The number of carboxylic acid groups (broad SMARTS) is 1. The molecule has 0 aliphatic carbocycles. The van der Waals surface area contributed by atoms with Gasteiger partial charge in [0, 0.05) is 0 Å². The number of benzene rings is 1. The molecule has 1 amide bonds. The van der Waals surface area contributed by atoms with E-state index >= 15 is 0 Å². The lowest BCUT2D eigenvalue weighted by Crippen LogP contribution is -2.36. The summed E-state index contributed by atoms with van der Waals surface area (Å²) in [6.45, 7) is 1.64. The molecule has 0 aliphatic rings. The molecule has 0 bridgehead atoms. The summed E-state index contributed by atoms with van der Waals surface area (Å²) >= 11 is 5.87. The van der Waals surface area contributed by atoms with Gasteiger partial charge in [0.05, 0.1) is 17.1 Å². The molecule has 19 heavy (non-hydrogen) atoms. The number of terminal acetylenes is 1. The average molecular weight is 282 g/mol. The van der Waals surface area contributed by atoms with E-state index in [9.17, 15) is 9.59 Å². The zero-order chi connectivity index (χ0) is 14.4. The second kappa shape index (κ2) is 6.66. The number of amides is 1. The standard InChI is InChI=1S/C13H12ClNO4/c1-3-6-15-12(16)8(2)19-11-5-4-9(13(17)18)7-10(11)14/h1,4-5,7-8H,6H2,2H3,(H,15,16)(H,17,18). The minimum Gasteiger partial charge on any atom is -0.479 e. The Hall–Kier alpha value is -2.19. The predicted octanol–water partition coefficient (Wildman–Crippen LogP) is 1.55. The molecule has 0 aromatic heterocycles. The molecular formula is C13H12ClNO4. The second-order valence-corrected chi connectivity index (χ2v) is 4.04. The molecule has 0 saturated carbocycles. The minimum atomic E-state index is -1.09. The van der Waals surface area contributed by atoms with Crippen LogP contribution >= 0.6 is 11.6 Å². The summed E-state index contributed by atoms with van der Waals surface area (Å²) in [6.07, 6.45) is 4.23. The van der Waals surface area contributed by atoms with Crippen molar-refractivity contribution in [2.75, 3.05) is 6.54 Å². The summed E-state index contributed by atoms with van der Waals surface area (Å²) < 4.78 is 5.33. The highest BCUT2D eigenvalue weighted by molar-refractivity contribution is 6.32.